The molecule has 0 aliphatic carbocycles. The number of benzene rings is 1. The summed E-state index contributed by atoms with van der Waals surface area (Å²) >= 11 is 0. The maximum Gasteiger partial charge on any atom is 0.301 e. The van der Waals surface area contributed by atoms with E-state index in [1.54, 1.807) is 24.4 Å². The second kappa shape index (κ2) is 6.17. The molecule has 2 aromatic rings. The van der Waals surface area contributed by atoms with Crippen LogP contribution in [0.3, 0.4) is 0 Å². The van der Waals surface area contributed by atoms with Crippen molar-refractivity contribution in [2.45, 2.75) is 6.42 Å². The first-order valence-electron chi connectivity index (χ1n) is 6.23. The van der Waals surface area contributed by atoms with Gasteiger partial charge in [-0.05, 0) is 30.7 Å². The Kier molecular flexibility index (Phi) is 4.53. The number of hydrogen-bond acceptors (Lipinski definition) is 4. The first kappa shape index (κ1) is 14.7. The number of rotatable bonds is 6. The van der Waals surface area contributed by atoms with Crippen molar-refractivity contribution in [1.29, 1.82) is 0 Å². The van der Waals surface area contributed by atoms with E-state index in [4.69, 9.17) is 5.11 Å². The maximum absolute atomic E-state index is 12.2. The van der Waals surface area contributed by atoms with Gasteiger partial charge in [0.05, 0.1) is 11.2 Å². The average molecular weight is 295 g/mol. The van der Waals surface area contributed by atoms with Crippen LogP contribution in [0.2, 0.25) is 0 Å². The molecule has 1 heterocycles. The van der Waals surface area contributed by atoms with Gasteiger partial charge >= 0.3 is 10.2 Å². The van der Waals surface area contributed by atoms with Crippen LogP contribution in [0.15, 0.2) is 36.5 Å². The van der Waals surface area contributed by atoms with Crippen LogP contribution in [-0.4, -0.2) is 43.0 Å². The van der Waals surface area contributed by atoms with Crippen molar-refractivity contribution < 1.29 is 13.5 Å². The fourth-order valence-electron chi connectivity index (χ4n) is 1.82. The number of hydrogen-bond donors (Lipinski definition) is 2. The van der Waals surface area contributed by atoms with Gasteiger partial charge in [0, 0.05) is 31.8 Å². The number of nitrogens with zero attached hydrogens (tertiary/aromatic N) is 2. The molecule has 20 heavy (non-hydrogen) atoms. The number of fused-ring (bicyclic) bond motifs is 1. The summed E-state index contributed by atoms with van der Waals surface area (Å²) in [6, 6.07) is 8.84. The Hall–Kier alpha value is -1.70. The summed E-state index contributed by atoms with van der Waals surface area (Å²) in [6.45, 7) is 0.215. The van der Waals surface area contributed by atoms with Gasteiger partial charge in [0.25, 0.3) is 0 Å². The van der Waals surface area contributed by atoms with E-state index in [0.29, 0.717) is 12.1 Å². The first-order valence-corrected chi connectivity index (χ1v) is 7.67. The molecule has 0 aliphatic rings. The number of aliphatic hydroxyl groups is 1. The average Bonchev–Trinajstić information content (AvgIpc) is 2.44. The van der Waals surface area contributed by atoms with Crippen molar-refractivity contribution in [3.63, 3.8) is 0 Å². The molecule has 0 saturated heterocycles. The standard InChI is InChI=1S/C13H17N3O3S/c1-16(9-4-10-17)20(18,19)15-13-7-2-6-12-11(13)5-3-8-14-12/h2-3,5-8,15,17H,4,9-10H2,1H3. The van der Waals surface area contributed by atoms with E-state index < -0.39 is 10.2 Å². The lowest BCUT2D eigenvalue weighted by Crippen LogP contribution is -2.33. The number of aromatic nitrogens is 1. The van der Waals surface area contributed by atoms with Crippen LogP contribution in [0.1, 0.15) is 6.42 Å². The van der Waals surface area contributed by atoms with E-state index >= 15 is 0 Å². The maximum atomic E-state index is 12.2. The van der Waals surface area contributed by atoms with Crippen molar-refractivity contribution in [1.82, 2.24) is 9.29 Å². The minimum Gasteiger partial charge on any atom is -0.396 e. The van der Waals surface area contributed by atoms with Crippen LogP contribution in [0.4, 0.5) is 5.69 Å². The highest BCUT2D eigenvalue weighted by Gasteiger charge is 2.18. The Morgan fingerprint density at radius 3 is 2.85 bits per heavy atom. The molecule has 0 fully saturated rings. The second-order valence-corrected chi connectivity index (χ2v) is 6.16. The van der Waals surface area contributed by atoms with E-state index in [0.717, 1.165) is 10.9 Å². The largest absolute Gasteiger partial charge is 0.396 e. The molecule has 0 spiro atoms. The van der Waals surface area contributed by atoms with Crippen LogP contribution in [0, 0.1) is 0 Å². The molecular weight excluding hydrogens is 278 g/mol. The van der Waals surface area contributed by atoms with E-state index in [2.05, 4.69) is 9.71 Å². The monoisotopic (exact) mass is 295 g/mol. The Balaban J connectivity index is 2.27. The van der Waals surface area contributed by atoms with Gasteiger partial charge in [-0.3, -0.25) is 9.71 Å². The van der Waals surface area contributed by atoms with Gasteiger partial charge in [-0.15, -0.1) is 0 Å². The van der Waals surface area contributed by atoms with Crippen LogP contribution in [0.5, 0.6) is 0 Å². The molecule has 0 unspecified atom stereocenters. The van der Waals surface area contributed by atoms with Crippen LogP contribution in [-0.2, 0) is 10.2 Å². The van der Waals surface area contributed by atoms with Crippen LogP contribution >= 0.6 is 0 Å². The molecule has 6 nitrogen and oxygen atoms in total. The minimum atomic E-state index is -3.63. The number of nitrogens with one attached hydrogen (secondary N) is 1. The molecule has 0 atom stereocenters. The van der Waals surface area contributed by atoms with Crippen LogP contribution < -0.4 is 4.72 Å². The fraction of sp³-hybridized carbons (Fsp3) is 0.308. The molecule has 2 rings (SSSR count). The summed E-state index contributed by atoms with van der Waals surface area (Å²) < 4.78 is 28.0. The topological polar surface area (TPSA) is 82.5 Å². The summed E-state index contributed by atoms with van der Waals surface area (Å²) in [7, 11) is -2.16. The quantitative estimate of drug-likeness (QED) is 0.839. The van der Waals surface area contributed by atoms with Gasteiger partial charge in [-0.1, -0.05) is 6.07 Å². The summed E-state index contributed by atoms with van der Waals surface area (Å²) in [5.41, 5.74) is 1.22. The lowest BCUT2D eigenvalue weighted by molar-refractivity contribution is 0.276. The summed E-state index contributed by atoms with van der Waals surface area (Å²) in [4.78, 5) is 4.18. The van der Waals surface area contributed by atoms with Crippen molar-refractivity contribution in [2.75, 3.05) is 24.9 Å². The molecule has 0 amide bonds. The molecule has 7 heteroatoms. The normalized spacial score (nSPS) is 11.9. The van der Waals surface area contributed by atoms with E-state index in [9.17, 15) is 8.42 Å². The summed E-state index contributed by atoms with van der Waals surface area (Å²) in [5.74, 6) is 0. The molecule has 1 aromatic carbocycles. The Morgan fingerprint density at radius 1 is 1.30 bits per heavy atom. The van der Waals surface area contributed by atoms with E-state index in [1.165, 1.54) is 11.4 Å². The first-order chi connectivity index (χ1) is 9.54. The molecule has 0 bridgehead atoms. The van der Waals surface area contributed by atoms with Crippen molar-refractivity contribution >= 4 is 26.8 Å². The molecule has 0 saturated carbocycles. The summed E-state index contributed by atoms with van der Waals surface area (Å²) in [5, 5.41) is 9.51. The van der Waals surface area contributed by atoms with E-state index in [1.807, 2.05) is 12.1 Å². The van der Waals surface area contributed by atoms with Crippen LogP contribution in [0.25, 0.3) is 10.9 Å². The Labute approximate surface area is 118 Å². The van der Waals surface area contributed by atoms with Gasteiger partial charge < -0.3 is 5.11 Å². The molecule has 0 aliphatic heterocycles. The lowest BCUT2D eigenvalue weighted by Gasteiger charge is -2.18. The van der Waals surface area contributed by atoms with Gasteiger partial charge in [0.2, 0.25) is 0 Å². The highest BCUT2D eigenvalue weighted by Crippen LogP contribution is 2.22. The number of aliphatic hydroxyl groups excluding tert-OH is 1. The second-order valence-electron chi connectivity index (χ2n) is 4.38. The molecule has 108 valence electrons. The summed E-state index contributed by atoms with van der Waals surface area (Å²) in [6.07, 6.45) is 2.06. The lowest BCUT2D eigenvalue weighted by atomic mass is 10.2. The van der Waals surface area contributed by atoms with Crippen molar-refractivity contribution in [2.24, 2.45) is 0 Å². The minimum absolute atomic E-state index is 0.0436. The van der Waals surface area contributed by atoms with Gasteiger partial charge in [-0.25, -0.2) is 0 Å². The van der Waals surface area contributed by atoms with Gasteiger partial charge in [0.1, 0.15) is 0 Å². The van der Waals surface area contributed by atoms with Crippen molar-refractivity contribution in [3.8, 4) is 0 Å². The Morgan fingerprint density at radius 2 is 2.10 bits per heavy atom. The fourth-order valence-corrected chi connectivity index (χ4v) is 2.80. The SMILES string of the molecule is CN(CCCO)S(=O)(=O)Nc1cccc2ncccc12. The predicted octanol–water partition coefficient (Wildman–Crippen LogP) is 1.21. The molecule has 2 N–H and O–H groups in total. The van der Waals surface area contributed by atoms with Gasteiger partial charge in [0.15, 0.2) is 0 Å². The third-order valence-corrected chi connectivity index (χ3v) is 4.41. The zero-order chi connectivity index (χ0) is 14.6. The zero-order valence-corrected chi connectivity index (χ0v) is 12.0. The smallest absolute Gasteiger partial charge is 0.301 e. The third-order valence-electron chi connectivity index (χ3n) is 2.93. The Bertz CT molecular complexity index is 683. The third kappa shape index (κ3) is 3.24. The molecule has 0 radical (unpaired) electrons. The number of anilines is 1. The highest BCUT2D eigenvalue weighted by molar-refractivity contribution is 7.90. The van der Waals surface area contributed by atoms with Crippen molar-refractivity contribution in [3.05, 3.63) is 36.5 Å². The van der Waals surface area contributed by atoms with Gasteiger partial charge in [-0.2, -0.15) is 12.7 Å². The molecule has 1 aromatic heterocycles. The zero-order valence-electron chi connectivity index (χ0n) is 11.2. The highest BCUT2D eigenvalue weighted by atomic mass is 32.2. The molecular formula is C13H17N3O3S. The number of pyridine rings is 1. The van der Waals surface area contributed by atoms with E-state index in [-0.39, 0.29) is 13.2 Å². The predicted molar refractivity (Wildman–Crippen MR) is 78.6 cm³/mol.